The Kier molecular flexibility index (Phi) is 5.74. The zero-order valence-electron chi connectivity index (χ0n) is 15.4. The molecule has 3 rings (SSSR count). The summed E-state index contributed by atoms with van der Waals surface area (Å²) in [6.45, 7) is 3.53. The molecular formula is C21H19FN2O4. The van der Waals surface area contributed by atoms with Gasteiger partial charge in [-0.2, -0.15) is 0 Å². The maximum absolute atomic E-state index is 13.0. The molecule has 0 unspecified atom stereocenters. The number of ether oxygens (including phenoxy) is 1. The Bertz CT molecular complexity index is 976. The molecule has 2 N–H and O–H groups in total. The lowest BCUT2D eigenvalue weighted by atomic mass is 10.1. The van der Waals surface area contributed by atoms with Crippen molar-refractivity contribution < 1.29 is 23.1 Å². The van der Waals surface area contributed by atoms with E-state index in [9.17, 15) is 14.0 Å². The van der Waals surface area contributed by atoms with Crippen LogP contribution in [0.5, 0.6) is 5.75 Å². The predicted octanol–water partition coefficient (Wildman–Crippen LogP) is 3.54. The fourth-order valence-electron chi connectivity index (χ4n) is 2.62. The van der Waals surface area contributed by atoms with Gasteiger partial charge in [0.15, 0.2) is 12.4 Å². The van der Waals surface area contributed by atoms with Crippen molar-refractivity contribution in [2.24, 2.45) is 0 Å². The second kappa shape index (κ2) is 8.39. The first kappa shape index (κ1) is 19.2. The van der Waals surface area contributed by atoms with Crippen molar-refractivity contribution in [3.8, 4) is 17.1 Å². The van der Waals surface area contributed by atoms with E-state index in [1.807, 2.05) is 32.0 Å². The molecule has 0 aliphatic rings. The Balaban J connectivity index is 1.52. The molecule has 6 nitrogen and oxygen atoms in total. The van der Waals surface area contributed by atoms with Crippen LogP contribution in [0, 0.1) is 19.7 Å². The van der Waals surface area contributed by atoms with Crippen molar-refractivity contribution in [2.75, 3.05) is 6.61 Å². The highest BCUT2D eigenvalue weighted by Gasteiger charge is 2.14. The monoisotopic (exact) mass is 382 g/mol. The first-order valence-electron chi connectivity index (χ1n) is 8.58. The second-order valence-electron chi connectivity index (χ2n) is 6.18. The average molecular weight is 382 g/mol. The van der Waals surface area contributed by atoms with E-state index >= 15 is 0 Å². The lowest BCUT2D eigenvalue weighted by molar-refractivity contribution is -0.123. The average Bonchev–Trinajstić information content (AvgIpc) is 3.16. The molecule has 0 saturated heterocycles. The minimum atomic E-state index is -0.617. The fourth-order valence-corrected chi connectivity index (χ4v) is 2.62. The first-order chi connectivity index (χ1) is 13.4. The van der Waals surface area contributed by atoms with Gasteiger partial charge in [-0.1, -0.05) is 18.2 Å². The summed E-state index contributed by atoms with van der Waals surface area (Å²) in [4.78, 5) is 24.0. The topological polar surface area (TPSA) is 80.6 Å². The number of nitrogens with one attached hydrogen (secondary N) is 2. The number of amides is 2. The molecule has 0 radical (unpaired) electrons. The zero-order valence-corrected chi connectivity index (χ0v) is 15.4. The minimum absolute atomic E-state index is 0.00953. The third-order valence-electron chi connectivity index (χ3n) is 4.03. The first-order valence-corrected chi connectivity index (χ1v) is 8.58. The normalized spacial score (nSPS) is 10.4. The van der Waals surface area contributed by atoms with E-state index in [2.05, 4.69) is 10.9 Å². The summed E-state index contributed by atoms with van der Waals surface area (Å²) in [6.07, 6.45) is 0. The van der Waals surface area contributed by atoms with Crippen LogP contribution in [-0.2, 0) is 4.79 Å². The molecule has 144 valence electrons. The van der Waals surface area contributed by atoms with Gasteiger partial charge in [-0.25, -0.2) is 4.39 Å². The van der Waals surface area contributed by atoms with Crippen LogP contribution in [0.3, 0.4) is 0 Å². The molecule has 0 aliphatic heterocycles. The number of carbonyl (C=O) groups is 2. The van der Waals surface area contributed by atoms with Crippen molar-refractivity contribution >= 4 is 11.8 Å². The molecule has 28 heavy (non-hydrogen) atoms. The van der Waals surface area contributed by atoms with Gasteiger partial charge in [0.2, 0.25) is 0 Å². The van der Waals surface area contributed by atoms with Crippen molar-refractivity contribution in [3.05, 3.63) is 77.3 Å². The van der Waals surface area contributed by atoms with Crippen LogP contribution >= 0.6 is 0 Å². The number of rotatable bonds is 5. The number of halogens is 1. The standard InChI is InChI=1S/C21H19FN2O4/c1-13-4-3-5-14(2)20(13)27-12-19(25)23-24-21(26)18-11-10-17(28-18)15-6-8-16(22)9-7-15/h3-11H,12H2,1-2H3,(H,23,25)(H,24,26). The Hall–Kier alpha value is -3.61. The number of hydrazine groups is 1. The Morgan fingerprint density at radius 3 is 2.32 bits per heavy atom. The minimum Gasteiger partial charge on any atom is -0.483 e. The van der Waals surface area contributed by atoms with Gasteiger partial charge in [0.05, 0.1) is 0 Å². The maximum atomic E-state index is 13.0. The Labute approximate surface area is 161 Å². The Morgan fingerprint density at radius 1 is 0.964 bits per heavy atom. The molecule has 0 aliphatic carbocycles. The summed E-state index contributed by atoms with van der Waals surface area (Å²) in [7, 11) is 0. The fraction of sp³-hybridized carbons (Fsp3) is 0.143. The summed E-state index contributed by atoms with van der Waals surface area (Å²) < 4.78 is 24.0. The van der Waals surface area contributed by atoms with Crippen molar-refractivity contribution in [1.82, 2.24) is 10.9 Å². The van der Waals surface area contributed by atoms with Gasteiger partial charge in [0, 0.05) is 5.56 Å². The predicted molar refractivity (Wildman–Crippen MR) is 101 cm³/mol. The number of furan rings is 1. The van der Waals surface area contributed by atoms with Gasteiger partial charge >= 0.3 is 5.91 Å². The highest BCUT2D eigenvalue weighted by Crippen LogP contribution is 2.23. The van der Waals surface area contributed by atoms with E-state index in [1.54, 1.807) is 18.2 Å². The van der Waals surface area contributed by atoms with Crippen molar-refractivity contribution in [2.45, 2.75) is 13.8 Å². The summed E-state index contributed by atoms with van der Waals surface area (Å²) >= 11 is 0. The third kappa shape index (κ3) is 4.56. The number of benzene rings is 2. The summed E-state index contributed by atoms with van der Waals surface area (Å²) in [5, 5.41) is 0. The van der Waals surface area contributed by atoms with E-state index < -0.39 is 11.8 Å². The van der Waals surface area contributed by atoms with Gasteiger partial charge in [0.1, 0.15) is 17.3 Å². The summed E-state index contributed by atoms with van der Waals surface area (Å²) in [6, 6.07) is 14.4. The quantitative estimate of drug-likeness (QED) is 0.662. The number of hydrogen-bond acceptors (Lipinski definition) is 4. The largest absolute Gasteiger partial charge is 0.483 e. The number of aryl methyl sites for hydroxylation is 2. The van der Waals surface area contributed by atoms with E-state index in [1.165, 1.54) is 18.2 Å². The van der Waals surface area contributed by atoms with Crippen LogP contribution in [0.2, 0.25) is 0 Å². The summed E-state index contributed by atoms with van der Waals surface area (Å²) in [5.41, 5.74) is 7.01. The van der Waals surface area contributed by atoms with Crippen LogP contribution in [0.1, 0.15) is 21.7 Å². The van der Waals surface area contributed by atoms with Crippen LogP contribution < -0.4 is 15.6 Å². The number of hydrogen-bond donors (Lipinski definition) is 2. The molecule has 0 atom stereocenters. The lowest BCUT2D eigenvalue weighted by Crippen LogP contribution is -2.43. The van der Waals surface area contributed by atoms with E-state index in [0.29, 0.717) is 17.1 Å². The summed E-state index contributed by atoms with van der Waals surface area (Å²) in [5.74, 6) is -0.432. The number of carbonyl (C=O) groups excluding carboxylic acids is 2. The molecule has 2 amide bonds. The molecule has 3 aromatic rings. The molecular weight excluding hydrogens is 363 g/mol. The van der Waals surface area contributed by atoms with E-state index in [4.69, 9.17) is 9.15 Å². The highest BCUT2D eigenvalue weighted by molar-refractivity contribution is 5.93. The second-order valence-corrected chi connectivity index (χ2v) is 6.18. The molecule has 0 bridgehead atoms. The SMILES string of the molecule is Cc1cccc(C)c1OCC(=O)NNC(=O)c1ccc(-c2ccc(F)cc2)o1. The molecule has 1 heterocycles. The maximum Gasteiger partial charge on any atom is 0.305 e. The van der Waals surface area contributed by atoms with E-state index in [-0.39, 0.29) is 18.2 Å². The van der Waals surface area contributed by atoms with Gasteiger partial charge in [-0.15, -0.1) is 0 Å². The molecule has 1 aromatic heterocycles. The molecule has 0 saturated carbocycles. The zero-order chi connectivity index (χ0) is 20.1. The smallest absolute Gasteiger partial charge is 0.305 e. The highest BCUT2D eigenvalue weighted by atomic mass is 19.1. The number of para-hydroxylation sites is 1. The van der Waals surface area contributed by atoms with Gasteiger partial charge < -0.3 is 9.15 Å². The van der Waals surface area contributed by atoms with Gasteiger partial charge in [-0.05, 0) is 61.4 Å². The lowest BCUT2D eigenvalue weighted by Gasteiger charge is -2.12. The Morgan fingerprint density at radius 2 is 1.64 bits per heavy atom. The third-order valence-corrected chi connectivity index (χ3v) is 4.03. The molecule has 7 heteroatoms. The van der Waals surface area contributed by atoms with E-state index in [0.717, 1.165) is 11.1 Å². The van der Waals surface area contributed by atoms with Crippen molar-refractivity contribution in [1.29, 1.82) is 0 Å². The van der Waals surface area contributed by atoms with Crippen LogP contribution in [0.25, 0.3) is 11.3 Å². The van der Waals surface area contributed by atoms with Crippen LogP contribution in [-0.4, -0.2) is 18.4 Å². The molecule has 0 spiro atoms. The molecule has 0 fully saturated rings. The van der Waals surface area contributed by atoms with Crippen molar-refractivity contribution in [3.63, 3.8) is 0 Å². The molecule has 2 aromatic carbocycles. The van der Waals surface area contributed by atoms with Crippen LogP contribution in [0.15, 0.2) is 59.0 Å². The van der Waals surface area contributed by atoms with Gasteiger partial charge in [-0.3, -0.25) is 20.4 Å². The van der Waals surface area contributed by atoms with Gasteiger partial charge in [0.25, 0.3) is 5.91 Å². The van der Waals surface area contributed by atoms with Crippen LogP contribution in [0.4, 0.5) is 4.39 Å².